The van der Waals surface area contributed by atoms with Gasteiger partial charge in [-0.15, -0.1) is 0 Å². The van der Waals surface area contributed by atoms with Crippen molar-refractivity contribution in [2.75, 3.05) is 51.5 Å². The summed E-state index contributed by atoms with van der Waals surface area (Å²) in [6.45, 7) is 4.66. The van der Waals surface area contributed by atoms with Gasteiger partial charge in [0.1, 0.15) is 6.04 Å². The predicted molar refractivity (Wildman–Crippen MR) is 93.4 cm³/mol. The molecule has 0 aliphatic carbocycles. The maximum Gasteiger partial charge on any atom is 0.322 e. The van der Waals surface area contributed by atoms with Crippen molar-refractivity contribution in [1.82, 2.24) is 9.80 Å². The van der Waals surface area contributed by atoms with E-state index in [9.17, 15) is 9.90 Å². The molecule has 4 rings (SSSR count). The number of ether oxygens (including phenoxy) is 2. The van der Waals surface area contributed by atoms with Gasteiger partial charge in [0.2, 0.25) is 6.79 Å². The fourth-order valence-electron chi connectivity index (χ4n) is 4.06. The highest BCUT2D eigenvalue weighted by Gasteiger charge is 2.34. The normalized spacial score (nSPS) is 25.3. The molecule has 1 atom stereocenters. The van der Waals surface area contributed by atoms with Crippen molar-refractivity contribution in [2.45, 2.75) is 24.9 Å². The molecular weight excluding hydrogens is 322 g/mol. The molecule has 0 unspecified atom stereocenters. The third kappa shape index (κ3) is 3.26. The van der Waals surface area contributed by atoms with Crippen LogP contribution < -0.4 is 14.4 Å². The van der Waals surface area contributed by atoms with Gasteiger partial charge >= 0.3 is 5.97 Å². The number of nitrogens with zero attached hydrogens (tertiary/aromatic N) is 3. The Morgan fingerprint density at radius 2 is 1.88 bits per heavy atom. The van der Waals surface area contributed by atoms with Crippen LogP contribution in [0, 0.1) is 0 Å². The van der Waals surface area contributed by atoms with Crippen molar-refractivity contribution >= 4 is 11.7 Å². The van der Waals surface area contributed by atoms with Crippen LogP contribution in [0.25, 0.3) is 0 Å². The predicted octanol–water partition coefficient (Wildman–Crippen LogP) is 1.08. The molecule has 25 heavy (non-hydrogen) atoms. The monoisotopic (exact) mass is 347 g/mol. The van der Waals surface area contributed by atoms with Crippen LogP contribution in [0.2, 0.25) is 0 Å². The summed E-state index contributed by atoms with van der Waals surface area (Å²) in [4.78, 5) is 18.1. The SMILES string of the molecule is CN1CCN(C2CCN(c3ccc4c(c3)OCO4)CC2)C[C@@H]1C(=O)O. The number of benzene rings is 1. The standard InChI is InChI=1S/C18H25N3O4/c1-19-8-9-21(11-15(19)18(22)23)13-4-6-20(7-5-13)14-2-3-16-17(10-14)25-12-24-16/h2-3,10,13,15H,4-9,11-12H2,1H3,(H,22,23)/t15-/m1/s1. The summed E-state index contributed by atoms with van der Waals surface area (Å²) in [5, 5.41) is 9.39. The quantitative estimate of drug-likeness (QED) is 0.878. The van der Waals surface area contributed by atoms with Crippen molar-refractivity contribution in [1.29, 1.82) is 0 Å². The van der Waals surface area contributed by atoms with E-state index < -0.39 is 5.97 Å². The van der Waals surface area contributed by atoms with Crippen LogP contribution in [-0.4, -0.2) is 79.5 Å². The number of piperidine rings is 1. The molecule has 1 aromatic rings. The number of piperazine rings is 1. The Kier molecular flexibility index (Phi) is 4.43. The lowest BCUT2D eigenvalue weighted by Gasteiger charge is -2.44. The zero-order chi connectivity index (χ0) is 17.4. The van der Waals surface area contributed by atoms with Gasteiger partial charge in [-0.1, -0.05) is 0 Å². The molecule has 0 bridgehead atoms. The molecule has 1 aromatic carbocycles. The number of likely N-dealkylation sites (N-methyl/N-ethyl adjacent to an activating group) is 1. The summed E-state index contributed by atoms with van der Waals surface area (Å²) >= 11 is 0. The zero-order valence-corrected chi connectivity index (χ0v) is 14.6. The van der Waals surface area contributed by atoms with Crippen molar-refractivity contribution in [3.8, 4) is 11.5 Å². The second kappa shape index (κ2) is 6.72. The topological polar surface area (TPSA) is 65.5 Å². The summed E-state index contributed by atoms with van der Waals surface area (Å²) in [6, 6.07) is 6.20. The first-order chi connectivity index (χ1) is 12.1. The van der Waals surface area contributed by atoms with Crippen LogP contribution >= 0.6 is 0 Å². The smallest absolute Gasteiger partial charge is 0.322 e. The first-order valence-electron chi connectivity index (χ1n) is 8.93. The average molecular weight is 347 g/mol. The highest BCUT2D eigenvalue weighted by molar-refractivity contribution is 5.73. The van der Waals surface area contributed by atoms with Gasteiger partial charge in [0.05, 0.1) is 0 Å². The number of hydrogen-bond acceptors (Lipinski definition) is 6. The summed E-state index contributed by atoms with van der Waals surface area (Å²) in [7, 11) is 1.90. The van der Waals surface area contributed by atoms with Gasteiger partial charge in [-0.3, -0.25) is 14.6 Å². The van der Waals surface area contributed by atoms with E-state index in [-0.39, 0.29) is 6.04 Å². The maximum atomic E-state index is 11.4. The van der Waals surface area contributed by atoms with Crippen LogP contribution in [0.5, 0.6) is 11.5 Å². The average Bonchev–Trinajstić information content (AvgIpc) is 3.10. The summed E-state index contributed by atoms with van der Waals surface area (Å²) < 4.78 is 10.8. The molecule has 136 valence electrons. The van der Waals surface area contributed by atoms with E-state index in [1.807, 2.05) is 18.0 Å². The maximum absolute atomic E-state index is 11.4. The number of aliphatic carboxylic acids is 1. The van der Waals surface area contributed by atoms with Crippen LogP contribution in [0.3, 0.4) is 0 Å². The number of carboxylic acid groups (broad SMARTS) is 1. The molecule has 3 aliphatic rings. The largest absolute Gasteiger partial charge is 0.480 e. The van der Waals surface area contributed by atoms with Crippen LogP contribution in [0.15, 0.2) is 18.2 Å². The Hall–Kier alpha value is -1.99. The Labute approximate surface area is 147 Å². The third-order valence-electron chi connectivity index (χ3n) is 5.67. The summed E-state index contributed by atoms with van der Waals surface area (Å²) in [6.07, 6.45) is 2.12. The van der Waals surface area contributed by atoms with E-state index >= 15 is 0 Å². The van der Waals surface area contributed by atoms with E-state index in [1.54, 1.807) is 0 Å². The van der Waals surface area contributed by atoms with Crippen LogP contribution in [-0.2, 0) is 4.79 Å². The lowest BCUT2D eigenvalue weighted by molar-refractivity contribution is -0.145. The molecule has 7 nitrogen and oxygen atoms in total. The van der Waals surface area contributed by atoms with Crippen LogP contribution in [0.1, 0.15) is 12.8 Å². The molecule has 7 heteroatoms. The van der Waals surface area contributed by atoms with E-state index in [2.05, 4.69) is 21.9 Å². The fraction of sp³-hybridized carbons (Fsp3) is 0.611. The minimum absolute atomic E-state index is 0.301. The highest BCUT2D eigenvalue weighted by atomic mass is 16.7. The number of hydrogen-bond donors (Lipinski definition) is 1. The lowest BCUT2D eigenvalue weighted by Crippen LogP contribution is -2.58. The second-order valence-corrected chi connectivity index (χ2v) is 7.09. The van der Waals surface area contributed by atoms with Crippen molar-refractivity contribution in [3.05, 3.63) is 18.2 Å². The summed E-state index contributed by atoms with van der Waals surface area (Å²) in [5.74, 6) is 0.920. The van der Waals surface area contributed by atoms with Crippen molar-refractivity contribution in [2.24, 2.45) is 0 Å². The molecule has 1 N–H and O–H groups in total. The lowest BCUT2D eigenvalue weighted by atomic mass is 10.00. The van der Waals surface area contributed by atoms with Gasteiger partial charge in [-0.25, -0.2) is 0 Å². The van der Waals surface area contributed by atoms with Gasteiger partial charge in [-0.05, 0) is 32.0 Å². The van der Waals surface area contributed by atoms with Crippen molar-refractivity contribution < 1.29 is 19.4 Å². The zero-order valence-electron chi connectivity index (χ0n) is 14.6. The number of carboxylic acids is 1. The molecule has 0 radical (unpaired) electrons. The summed E-state index contributed by atoms with van der Waals surface area (Å²) in [5.41, 5.74) is 1.17. The molecule has 3 aliphatic heterocycles. The van der Waals surface area contributed by atoms with E-state index in [4.69, 9.17) is 9.47 Å². The number of anilines is 1. The molecule has 0 spiro atoms. The molecule has 2 saturated heterocycles. The third-order valence-corrected chi connectivity index (χ3v) is 5.67. The molecule has 0 amide bonds. The molecular formula is C18H25N3O4. The van der Waals surface area contributed by atoms with Gasteiger partial charge in [-0.2, -0.15) is 0 Å². The first-order valence-corrected chi connectivity index (χ1v) is 8.93. The van der Waals surface area contributed by atoms with Gasteiger partial charge < -0.3 is 19.5 Å². The fourth-order valence-corrected chi connectivity index (χ4v) is 4.06. The van der Waals surface area contributed by atoms with Crippen molar-refractivity contribution in [3.63, 3.8) is 0 Å². The Morgan fingerprint density at radius 3 is 2.64 bits per heavy atom. The number of rotatable bonds is 3. The van der Waals surface area contributed by atoms with Gasteiger partial charge in [0, 0.05) is 50.5 Å². The van der Waals surface area contributed by atoms with E-state index in [0.717, 1.165) is 50.5 Å². The Morgan fingerprint density at radius 1 is 1.12 bits per heavy atom. The van der Waals surface area contributed by atoms with E-state index in [0.29, 0.717) is 19.4 Å². The number of carbonyl (C=O) groups is 1. The number of fused-ring (bicyclic) bond motifs is 1. The molecule has 3 heterocycles. The molecule has 2 fully saturated rings. The second-order valence-electron chi connectivity index (χ2n) is 7.09. The Bertz CT molecular complexity index is 645. The Balaban J connectivity index is 1.36. The molecule has 0 saturated carbocycles. The first kappa shape index (κ1) is 16.5. The van der Waals surface area contributed by atoms with E-state index in [1.165, 1.54) is 5.69 Å². The minimum Gasteiger partial charge on any atom is -0.480 e. The molecule has 0 aromatic heterocycles. The van der Waals surface area contributed by atoms with Crippen LogP contribution in [0.4, 0.5) is 5.69 Å². The van der Waals surface area contributed by atoms with Gasteiger partial charge in [0.25, 0.3) is 0 Å². The van der Waals surface area contributed by atoms with Gasteiger partial charge in [0.15, 0.2) is 11.5 Å². The highest BCUT2D eigenvalue weighted by Crippen LogP contribution is 2.36. The minimum atomic E-state index is -0.718.